The Balaban J connectivity index is 2.31. The van der Waals surface area contributed by atoms with Crippen LogP contribution in [0.2, 0.25) is 0 Å². The molecule has 7 nitrogen and oxygen atoms in total. The Hall–Kier alpha value is -2.18. The number of H-pyrrole nitrogens is 1. The molecule has 0 saturated carbocycles. The molecule has 2 aromatic rings. The third kappa shape index (κ3) is 2.39. The van der Waals surface area contributed by atoms with Gasteiger partial charge in [-0.15, -0.1) is 5.10 Å². The number of aromatic amines is 1. The van der Waals surface area contributed by atoms with Crippen molar-refractivity contribution in [2.24, 2.45) is 7.05 Å². The minimum absolute atomic E-state index is 0.227. The molecule has 0 saturated heterocycles. The van der Waals surface area contributed by atoms with Gasteiger partial charge in [-0.05, 0) is 13.8 Å². The first-order valence-electron chi connectivity index (χ1n) is 5.67. The molecule has 7 heteroatoms. The van der Waals surface area contributed by atoms with Gasteiger partial charge in [0.05, 0.1) is 5.69 Å². The van der Waals surface area contributed by atoms with Crippen molar-refractivity contribution in [2.75, 3.05) is 0 Å². The minimum atomic E-state index is -0.422. The summed E-state index contributed by atoms with van der Waals surface area (Å²) in [6, 6.07) is 0.227. The average Bonchev–Trinajstić information content (AvgIpc) is 2.74. The molecule has 0 atom stereocenters. The van der Waals surface area contributed by atoms with E-state index in [1.807, 2.05) is 13.8 Å². The van der Waals surface area contributed by atoms with Gasteiger partial charge >= 0.3 is 5.69 Å². The molecule has 0 radical (unpaired) electrons. The highest BCUT2D eigenvalue weighted by molar-refractivity contribution is 5.13. The fourth-order valence-electron chi connectivity index (χ4n) is 1.58. The summed E-state index contributed by atoms with van der Waals surface area (Å²) >= 11 is 0. The lowest BCUT2D eigenvalue weighted by atomic mass is 10.2. The quantitative estimate of drug-likeness (QED) is 0.818. The second kappa shape index (κ2) is 4.59. The summed E-state index contributed by atoms with van der Waals surface area (Å²) in [6.45, 7) is 4.00. The Morgan fingerprint density at radius 1 is 1.33 bits per heavy atom. The molecule has 2 heterocycles. The van der Waals surface area contributed by atoms with Crippen molar-refractivity contribution in [3.8, 4) is 0 Å². The van der Waals surface area contributed by atoms with Gasteiger partial charge in [0.1, 0.15) is 0 Å². The first-order valence-corrected chi connectivity index (χ1v) is 5.67. The maximum absolute atomic E-state index is 11.6. The fraction of sp³-hybridized carbons (Fsp3) is 0.455. The van der Waals surface area contributed by atoms with E-state index in [2.05, 4.69) is 15.3 Å². The molecule has 0 aliphatic carbocycles. The summed E-state index contributed by atoms with van der Waals surface area (Å²) in [5.41, 5.74) is 0.396. The molecular formula is C11H15N5O2. The highest BCUT2D eigenvalue weighted by atomic mass is 16.2. The summed E-state index contributed by atoms with van der Waals surface area (Å²) in [4.78, 5) is 25.1. The number of hydrogen-bond acceptors (Lipinski definition) is 4. The monoisotopic (exact) mass is 249 g/mol. The number of nitrogens with zero attached hydrogens (tertiary/aromatic N) is 4. The summed E-state index contributed by atoms with van der Waals surface area (Å²) in [6.07, 6.45) is 3.68. The Kier molecular flexibility index (Phi) is 3.14. The summed E-state index contributed by atoms with van der Waals surface area (Å²) in [5, 5.41) is 7.97. The first kappa shape index (κ1) is 12.3. The van der Waals surface area contributed by atoms with Crippen LogP contribution in [-0.2, 0) is 13.5 Å². The van der Waals surface area contributed by atoms with Crippen LogP contribution in [0.4, 0.5) is 0 Å². The van der Waals surface area contributed by atoms with Crippen LogP contribution in [0.15, 0.2) is 22.0 Å². The van der Waals surface area contributed by atoms with Gasteiger partial charge < -0.3 is 4.57 Å². The number of nitrogens with one attached hydrogen (secondary N) is 1. The molecule has 0 spiro atoms. The van der Waals surface area contributed by atoms with Gasteiger partial charge in [-0.1, -0.05) is 5.21 Å². The van der Waals surface area contributed by atoms with E-state index in [1.165, 1.54) is 10.8 Å². The molecule has 0 aliphatic heterocycles. The highest BCUT2D eigenvalue weighted by Gasteiger charge is 2.08. The van der Waals surface area contributed by atoms with E-state index in [-0.39, 0.29) is 11.6 Å². The van der Waals surface area contributed by atoms with Gasteiger partial charge in [-0.25, -0.2) is 9.48 Å². The summed E-state index contributed by atoms with van der Waals surface area (Å²) in [5.74, 6) is 0. The lowest BCUT2D eigenvalue weighted by Crippen LogP contribution is -2.30. The maximum Gasteiger partial charge on any atom is 0.328 e. The fourth-order valence-corrected chi connectivity index (χ4v) is 1.58. The third-order valence-corrected chi connectivity index (χ3v) is 2.64. The van der Waals surface area contributed by atoms with Gasteiger partial charge in [0, 0.05) is 37.5 Å². The largest absolute Gasteiger partial charge is 0.328 e. The molecule has 1 N–H and O–H groups in total. The second-order valence-electron chi connectivity index (χ2n) is 4.48. The maximum atomic E-state index is 11.6. The van der Waals surface area contributed by atoms with Crippen molar-refractivity contribution in [2.45, 2.75) is 26.3 Å². The van der Waals surface area contributed by atoms with Crippen molar-refractivity contribution < 1.29 is 0 Å². The number of aromatic nitrogens is 5. The smallest absolute Gasteiger partial charge is 0.303 e. The Bertz CT molecular complexity index is 665. The van der Waals surface area contributed by atoms with E-state index in [0.717, 1.165) is 0 Å². The summed E-state index contributed by atoms with van der Waals surface area (Å²) in [7, 11) is 1.59. The Morgan fingerprint density at radius 2 is 2.06 bits per heavy atom. The second-order valence-corrected chi connectivity index (χ2v) is 4.48. The van der Waals surface area contributed by atoms with Gasteiger partial charge in [0.2, 0.25) is 0 Å². The molecule has 2 aromatic heterocycles. The van der Waals surface area contributed by atoms with Gasteiger partial charge in [0.25, 0.3) is 5.56 Å². The van der Waals surface area contributed by atoms with Crippen molar-refractivity contribution in [1.29, 1.82) is 0 Å². The van der Waals surface area contributed by atoms with Crippen LogP contribution in [0.5, 0.6) is 0 Å². The normalized spacial score (nSPS) is 11.1. The molecule has 18 heavy (non-hydrogen) atoms. The van der Waals surface area contributed by atoms with Crippen LogP contribution in [0.3, 0.4) is 0 Å². The molecule has 0 fully saturated rings. The molecular weight excluding hydrogens is 234 g/mol. The molecule has 0 amide bonds. The lowest BCUT2D eigenvalue weighted by Gasteiger charge is -2.01. The standard InChI is InChI=1S/C11H15N5O2/c1-7(2)16-6-9(13-14-16)4-8-5-15(3)11(18)12-10(8)17/h5-7H,4H2,1-3H3,(H,12,17,18). The zero-order valence-corrected chi connectivity index (χ0v) is 10.5. The van der Waals surface area contributed by atoms with Crippen molar-refractivity contribution in [3.05, 3.63) is 44.5 Å². The zero-order valence-electron chi connectivity index (χ0n) is 10.5. The van der Waals surface area contributed by atoms with E-state index in [0.29, 0.717) is 17.7 Å². The minimum Gasteiger partial charge on any atom is -0.303 e. The summed E-state index contributed by atoms with van der Waals surface area (Å²) < 4.78 is 3.06. The van der Waals surface area contributed by atoms with Crippen LogP contribution < -0.4 is 11.2 Å². The van der Waals surface area contributed by atoms with E-state index in [1.54, 1.807) is 17.9 Å². The van der Waals surface area contributed by atoms with Gasteiger partial charge in [0.15, 0.2) is 0 Å². The molecule has 2 rings (SSSR count). The first-order chi connectivity index (χ1) is 8.47. The number of aryl methyl sites for hydroxylation is 1. The lowest BCUT2D eigenvalue weighted by molar-refractivity contribution is 0.514. The van der Waals surface area contributed by atoms with Crippen LogP contribution in [0.1, 0.15) is 31.1 Å². The third-order valence-electron chi connectivity index (χ3n) is 2.64. The van der Waals surface area contributed by atoms with Crippen LogP contribution in [0.25, 0.3) is 0 Å². The van der Waals surface area contributed by atoms with Crippen molar-refractivity contribution >= 4 is 0 Å². The predicted molar refractivity (Wildman–Crippen MR) is 65.5 cm³/mol. The topological polar surface area (TPSA) is 85.6 Å². The molecule has 0 aromatic carbocycles. The molecule has 96 valence electrons. The molecule has 0 aliphatic rings. The SMILES string of the molecule is CC(C)n1cc(Cc2cn(C)c(=O)[nH]c2=O)nn1. The van der Waals surface area contributed by atoms with E-state index in [9.17, 15) is 9.59 Å². The van der Waals surface area contributed by atoms with Crippen LogP contribution in [-0.4, -0.2) is 24.5 Å². The van der Waals surface area contributed by atoms with Gasteiger partial charge in [-0.3, -0.25) is 9.78 Å². The van der Waals surface area contributed by atoms with E-state index < -0.39 is 5.69 Å². The average molecular weight is 249 g/mol. The van der Waals surface area contributed by atoms with Gasteiger partial charge in [-0.2, -0.15) is 0 Å². The molecule has 0 bridgehead atoms. The zero-order chi connectivity index (χ0) is 13.3. The highest BCUT2D eigenvalue weighted by Crippen LogP contribution is 2.05. The molecule has 0 unspecified atom stereocenters. The number of rotatable bonds is 3. The van der Waals surface area contributed by atoms with Crippen LogP contribution in [0, 0.1) is 0 Å². The Morgan fingerprint density at radius 3 is 2.67 bits per heavy atom. The van der Waals surface area contributed by atoms with Crippen LogP contribution >= 0.6 is 0 Å². The van der Waals surface area contributed by atoms with E-state index in [4.69, 9.17) is 0 Å². The number of hydrogen-bond donors (Lipinski definition) is 1. The van der Waals surface area contributed by atoms with E-state index >= 15 is 0 Å². The Labute approximate surface area is 103 Å². The van der Waals surface area contributed by atoms with Crippen molar-refractivity contribution in [3.63, 3.8) is 0 Å². The predicted octanol–water partition coefficient (Wildman–Crippen LogP) is -0.163. The van der Waals surface area contributed by atoms with Crippen molar-refractivity contribution in [1.82, 2.24) is 24.5 Å².